The van der Waals surface area contributed by atoms with Crippen molar-refractivity contribution in [1.29, 1.82) is 0 Å². The molecule has 4 bridgehead atoms. The maximum Gasteiger partial charge on any atom is 0.238 e. The van der Waals surface area contributed by atoms with Crippen LogP contribution in [0.25, 0.3) is 0 Å². The van der Waals surface area contributed by atoms with Gasteiger partial charge in [-0.05, 0) is 80.4 Å². The van der Waals surface area contributed by atoms with E-state index in [0.717, 1.165) is 42.6 Å². The molecule has 5 rings (SSSR count). The van der Waals surface area contributed by atoms with Gasteiger partial charge < -0.3 is 10.6 Å². The number of sulfonamides is 1. The topological polar surface area (TPSA) is 118 Å². The lowest BCUT2D eigenvalue weighted by molar-refractivity contribution is -0.146. The molecule has 1 aromatic rings. The van der Waals surface area contributed by atoms with Crippen LogP contribution in [0, 0.1) is 23.2 Å². The molecule has 0 unspecified atom stereocenters. The average Bonchev–Trinajstić information content (AvgIpc) is 2.68. The van der Waals surface area contributed by atoms with E-state index in [1.165, 1.54) is 31.4 Å². The molecule has 4 saturated carbocycles. The number of hydrogen-bond acceptors (Lipinski definition) is 4. The molecule has 30 heavy (non-hydrogen) atoms. The largest absolute Gasteiger partial charge is 0.356 e. The summed E-state index contributed by atoms with van der Waals surface area (Å²) >= 11 is 0. The SMILES string of the molecule is NS(=O)(=O)c1ccc(CNC(=O)CCCNC(=O)C23CC4CC(CC(C4)C2)C3)cc1. The number of rotatable bonds is 8. The maximum absolute atomic E-state index is 12.9. The molecule has 4 aliphatic carbocycles. The highest BCUT2D eigenvalue weighted by molar-refractivity contribution is 7.89. The van der Waals surface area contributed by atoms with Gasteiger partial charge in [0.05, 0.1) is 4.90 Å². The Hall–Kier alpha value is -1.93. The molecule has 7 nitrogen and oxygen atoms in total. The lowest BCUT2D eigenvalue weighted by atomic mass is 9.49. The fourth-order valence-electron chi connectivity index (χ4n) is 6.11. The van der Waals surface area contributed by atoms with Crippen LogP contribution in [-0.4, -0.2) is 26.8 Å². The number of amides is 2. The standard InChI is InChI=1S/C22H31N3O4S/c23-30(28,29)19-5-3-15(4-6-19)14-25-20(26)2-1-7-24-21(27)22-11-16-8-17(12-22)10-18(9-16)13-22/h3-6,16-18H,1-2,7-14H2,(H,24,27)(H,25,26)(H2,23,28,29). The number of carbonyl (C=O) groups excluding carboxylic acids is 2. The van der Waals surface area contributed by atoms with E-state index in [9.17, 15) is 18.0 Å². The predicted molar refractivity (Wildman–Crippen MR) is 113 cm³/mol. The molecule has 0 radical (unpaired) electrons. The summed E-state index contributed by atoms with van der Waals surface area (Å²) in [6.45, 7) is 0.848. The highest BCUT2D eigenvalue weighted by Crippen LogP contribution is 2.60. The minimum absolute atomic E-state index is 0.0485. The van der Waals surface area contributed by atoms with E-state index in [-0.39, 0.29) is 22.1 Å². The number of hydrogen-bond donors (Lipinski definition) is 3. The van der Waals surface area contributed by atoms with Crippen LogP contribution in [0.4, 0.5) is 0 Å². The summed E-state index contributed by atoms with van der Waals surface area (Å²) in [4.78, 5) is 25.0. The van der Waals surface area contributed by atoms with Gasteiger partial charge in [-0.25, -0.2) is 13.6 Å². The number of carbonyl (C=O) groups is 2. The normalized spacial score (nSPS) is 29.6. The first-order valence-corrected chi connectivity index (χ1v) is 12.4. The van der Waals surface area contributed by atoms with Crippen LogP contribution in [0.15, 0.2) is 29.2 Å². The number of benzene rings is 1. The quantitative estimate of drug-likeness (QED) is 0.544. The summed E-state index contributed by atoms with van der Waals surface area (Å²) in [5, 5.41) is 11.0. The molecular weight excluding hydrogens is 402 g/mol. The molecule has 0 heterocycles. The number of primary sulfonamides is 1. The minimum Gasteiger partial charge on any atom is -0.356 e. The van der Waals surface area contributed by atoms with Crippen molar-refractivity contribution < 1.29 is 18.0 Å². The molecule has 0 aliphatic heterocycles. The molecule has 0 atom stereocenters. The first-order valence-electron chi connectivity index (χ1n) is 10.9. The summed E-state index contributed by atoms with van der Waals surface area (Å²) in [7, 11) is -3.71. The molecule has 4 fully saturated rings. The zero-order chi connectivity index (χ0) is 21.4. The molecule has 164 valence electrons. The summed E-state index contributed by atoms with van der Waals surface area (Å²) in [6, 6.07) is 6.12. The van der Waals surface area contributed by atoms with Crippen LogP contribution in [0.2, 0.25) is 0 Å². The third-order valence-corrected chi connectivity index (χ3v) is 8.06. The second kappa shape index (κ2) is 8.30. The summed E-state index contributed by atoms with van der Waals surface area (Å²) in [6.07, 6.45) is 8.05. The predicted octanol–water partition coefficient (Wildman–Crippen LogP) is 2.06. The molecule has 0 aromatic heterocycles. The molecule has 0 saturated heterocycles. The van der Waals surface area contributed by atoms with Gasteiger partial charge in [-0.1, -0.05) is 12.1 Å². The number of nitrogens with one attached hydrogen (secondary N) is 2. The first kappa shape index (κ1) is 21.3. The summed E-state index contributed by atoms with van der Waals surface area (Å²) in [5.41, 5.74) is 0.658. The molecular formula is C22H31N3O4S. The van der Waals surface area contributed by atoms with Crippen molar-refractivity contribution in [3.05, 3.63) is 29.8 Å². The van der Waals surface area contributed by atoms with Gasteiger partial charge in [-0.2, -0.15) is 0 Å². The molecule has 8 heteroatoms. The second-order valence-electron chi connectivity index (χ2n) is 9.52. The van der Waals surface area contributed by atoms with Crippen LogP contribution in [-0.2, 0) is 26.2 Å². The van der Waals surface area contributed by atoms with E-state index in [1.807, 2.05) is 0 Å². The average molecular weight is 434 g/mol. The van der Waals surface area contributed by atoms with Gasteiger partial charge in [0.1, 0.15) is 0 Å². The van der Waals surface area contributed by atoms with Crippen LogP contribution in [0.5, 0.6) is 0 Å². The Labute approximate surface area is 178 Å². The van der Waals surface area contributed by atoms with E-state index in [1.54, 1.807) is 12.1 Å². The van der Waals surface area contributed by atoms with E-state index in [2.05, 4.69) is 10.6 Å². The van der Waals surface area contributed by atoms with Crippen LogP contribution in [0.1, 0.15) is 56.9 Å². The Morgan fingerprint density at radius 2 is 1.53 bits per heavy atom. The summed E-state index contributed by atoms with van der Waals surface area (Å²) in [5.74, 6) is 2.34. The Morgan fingerprint density at radius 1 is 0.967 bits per heavy atom. The Balaban J connectivity index is 1.16. The Bertz CT molecular complexity index is 876. The Kier molecular flexibility index (Phi) is 5.90. The van der Waals surface area contributed by atoms with E-state index < -0.39 is 10.0 Å². The highest BCUT2D eigenvalue weighted by atomic mass is 32.2. The monoisotopic (exact) mass is 433 g/mol. The van der Waals surface area contributed by atoms with E-state index in [0.29, 0.717) is 25.9 Å². The second-order valence-corrected chi connectivity index (χ2v) is 11.1. The fraction of sp³-hybridized carbons (Fsp3) is 0.636. The van der Waals surface area contributed by atoms with Gasteiger partial charge in [0, 0.05) is 24.9 Å². The maximum atomic E-state index is 12.9. The van der Waals surface area contributed by atoms with Crippen molar-refractivity contribution in [2.75, 3.05) is 6.54 Å². The number of nitrogens with two attached hydrogens (primary N) is 1. The van der Waals surface area contributed by atoms with Crippen molar-refractivity contribution in [3.63, 3.8) is 0 Å². The zero-order valence-electron chi connectivity index (χ0n) is 17.2. The fourth-order valence-corrected chi connectivity index (χ4v) is 6.63. The Morgan fingerprint density at radius 3 is 2.07 bits per heavy atom. The van der Waals surface area contributed by atoms with Crippen LogP contribution >= 0.6 is 0 Å². The third-order valence-electron chi connectivity index (χ3n) is 7.13. The van der Waals surface area contributed by atoms with Gasteiger partial charge in [0.2, 0.25) is 21.8 Å². The summed E-state index contributed by atoms with van der Waals surface area (Å²) < 4.78 is 22.5. The molecule has 4 N–H and O–H groups in total. The van der Waals surface area contributed by atoms with Crippen molar-refractivity contribution in [1.82, 2.24) is 10.6 Å². The lowest BCUT2D eigenvalue weighted by Gasteiger charge is -2.55. The molecule has 0 spiro atoms. The van der Waals surface area contributed by atoms with Crippen molar-refractivity contribution in [3.8, 4) is 0 Å². The van der Waals surface area contributed by atoms with Gasteiger partial charge in [0.15, 0.2) is 0 Å². The smallest absolute Gasteiger partial charge is 0.238 e. The van der Waals surface area contributed by atoms with Gasteiger partial charge in [-0.3, -0.25) is 9.59 Å². The van der Waals surface area contributed by atoms with Crippen molar-refractivity contribution in [2.24, 2.45) is 28.3 Å². The third kappa shape index (κ3) is 4.70. The van der Waals surface area contributed by atoms with Gasteiger partial charge in [0.25, 0.3) is 0 Å². The molecule has 1 aromatic carbocycles. The zero-order valence-corrected chi connectivity index (χ0v) is 18.0. The van der Waals surface area contributed by atoms with Crippen molar-refractivity contribution >= 4 is 21.8 Å². The van der Waals surface area contributed by atoms with E-state index >= 15 is 0 Å². The van der Waals surface area contributed by atoms with E-state index in [4.69, 9.17) is 5.14 Å². The van der Waals surface area contributed by atoms with Gasteiger partial charge in [-0.15, -0.1) is 0 Å². The molecule has 4 aliphatic rings. The van der Waals surface area contributed by atoms with Crippen LogP contribution < -0.4 is 15.8 Å². The molecule has 2 amide bonds. The minimum atomic E-state index is -3.71. The van der Waals surface area contributed by atoms with Gasteiger partial charge >= 0.3 is 0 Å². The first-order chi connectivity index (χ1) is 14.2. The van der Waals surface area contributed by atoms with Crippen molar-refractivity contribution in [2.45, 2.75) is 62.8 Å². The lowest BCUT2D eigenvalue weighted by Crippen LogP contribution is -2.53. The van der Waals surface area contributed by atoms with Crippen LogP contribution in [0.3, 0.4) is 0 Å². The highest BCUT2D eigenvalue weighted by Gasteiger charge is 2.54.